The molecular weight excluding hydrogens is 230 g/mol. The molecule has 0 aliphatic carbocycles. The van der Waals surface area contributed by atoms with Crippen molar-refractivity contribution >= 4 is 5.91 Å². The fraction of sp³-hybridized carbons (Fsp3) is 0.500. The van der Waals surface area contributed by atoms with Crippen molar-refractivity contribution in [2.24, 2.45) is 0 Å². The predicted molar refractivity (Wildman–Crippen MR) is 70.5 cm³/mol. The molecule has 0 fully saturated rings. The third kappa shape index (κ3) is 3.74. The van der Waals surface area contributed by atoms with E-state index in [1.54, 1.807) is 18.0 Å². The minimum atomic E-state index is -0.555. The Hall–Kier alpha value is -1.55. The van der Waals surface area contributed by atoms with Gasteiger partial charge in [-0.2, -0.15) is 0 Å². The largest absolute Gasteiger partial charge is 0.483 e. The van der Waals surface area contributed by atoms with Gasteiger partial charge in [-0.15, -0.1) is 0 Å². The van der Waals surface area contributed by atoms with Gasteiger partial charge in [0, 0.05) is 19.2 Å². The molecule has 0 saturated carbocycles. The van der Waals surface area contributed by atoms with Crippen LogP contribution in [0, 0.1) is 0 Å². The van der Waals surface area contributed by atoms with Crippen LogP contribution in [0.4, 0.5) is 0 Å². The van der Waals surface area contributed by atoms with Gasteiger partial charge in [-0.1, -0.05) is 25.1 Å². The molecule has 1 aromatic carbocycles. The number of carbonyl (C=O) groups excluding carboxylic acids is 1. The summed E-state index contributed by atoms with van der Waals surface area (Å²) in [6.07, 6.45) is 0.0589. The molecule has 0 bridgehead atoms. The summed E-state index contributed by atoms with van der Waals surface area (Å²) in [6, 6.07) is 7.27. The molecule has 100 valence electrons. The summed E-state index contributed by atoms with van der Waals surface area (Å²) in [6.45, 7) is 4.46. The number of carbonyl (C=O) groups is 1. The van der Waals surface area contributed by atoms with Crippen LogP contribution in [0.15, 0.2) is 24.3 Å². The maximum absolute atomic E-state index is 11.6. The van der Waals surface area contributed by atoms with Gasteiger partial charge in [-0.25, -0.2) is 0 Å². The number of nitrogens with zero attached hydrogens (tertiary/aromatic N) is 1. The van der Waals surface area contributed by atoms with Crippen molar-refractivity contribution in [2.45, 2.75) is 26.4 Å². The Labute approximate surface area is 108 Å². The number of hydrogen-bond donors (Lipinski definition) is 1. The molecular formula is C14H21NO3. The lowest BCUT2D eigenvalue weighted by Crippen LogP contribution is -2.31. The highest BCUT2D eigenvalue weighted by atomic mass is 16.5. The molecule has 4 heteroatoms. The number of para-hydroxylation sites is 1. The molecule has 4 nitrogen and oxygen atoms in total. The van der Waals surface area contributed by atoms with Gasteiger partial charge in [-0.3, -0.25) is 4.79 Å². The summed E-state index contributed by atoms with van der Waals surface area (Å²) in [5, 5.41) is 9.86. The van der Waals surface area contributed by atoms with E-state index in [0.29, 0.717) is 18.7 Å². The van der Waals surface area contributed by atoms with E-state index in [1.165, 1.54) is 0 Å². The van der Waals surface area contributed by atoms with Crippen LogP contribution in [-0.4, -0.2) is 36.1 Å². The molecule has 1 aromatic rings. The number of aliphatic hydroxyl groups excluding tert-OH is 1. The zero-order chi connectivity index (χ0) is 13.5. The molecule has 0 unspecified atom stereocenters. The lowest BCUT2D eigenvalue weighted by atomic mass is 10.1. The van der Waals surface area contributed by atoms with Crippen LogP contribution in [0.25, 0.3) is 0 Å². The van der Waals surface area contributed by atoms with Gasteiger partial charge in [0.15, 0.2) is 6.61 Å². The number of aliphatic hydroxyl groups is 1. The lowest BCUT2D eigenvalue weighted by molar-refractivity contribution is -0.131. The smallest absolute Gasteiger partial charge is 0.260 e. The SMILES string of the molecule is CC[C@H](O)c1ccccc1OCC(=O)N(C)CC. The Morgan fingerprint density at radius 3 is 2.67 bits per heavy atom. The van der Waals surface area contributed by atoms with Crippen LogP contribution in [0.2, 0.25) is 0 Å². The predicted octanol–water partition coefficient (Wildman–Crippen LogP) is 1.99. The van der Waals surface area contributed by atoms with E-state index in [9.17, 15) is 9.90 Å². The average molecular weight is 251 g/mol. The first-order valence-corrected chi connectivity index (χ1v) is 6.23. The number of benzene rings is 1. The van der Waals surface area contributed by atoms with Crippen LogP contribution in [0.3, 0.4) is 0 Å². The van der Waals surface area contributed by atoms with Gasteiger partial charge in [0.2, 0.25) is 0 Å². The fourth-order valence-corrected chi connectivity index (χ4v) is 1.53. The van der Waals surface area contributed by atoms with Crippen molar-refractivity contribution in [3.05, 3.63) is 29.8 Å². The maximum atomic E-state index is 11.6. The summed E-state index contributed by atoms with van der Waals surface area (Å²) >= 11 is 0. The van der Waals surface area contributed by atoms with Gasteiger partial charge in [-0.05, 0) is 19.4 Å². The molecule has 1 N–H and O–H groups in total. The normalized spacial score (nSPS) is 12.0. The van der Waals surface area contributed by atoms with Crippen molar-refractivity contribution in [1.29, 1.82) is 0 Å². The Kier molecular flexibility index (Phi) is 5.65. The zero-order valence-corrected chi connectivity index (χ0v) is 11.2. The van der Waals surface area contributed by atoms with Crippen molar-refractivity contribution < 1.29 is 14.6 Å². The molecule has 0 saturated heterocycles. The van der Waals surface area contributed by atoms with Gasteiger partial charge in [0.1, 0.15) is 5.75 Å². The standard InChI is InChI=1S/C14H21NO3/c1-4-12(16)11-8-6-7-9-13(11)18-10-14(17)15(3)5-2/h6-9,12,16H,4-5,10H2,1-3H3/t12-/m0/s1. The average Bonchev–Trinajstić information content (AvgIpc) is 2.43. The van der Waals surface area contributed by atoms with Crippen LogP contribution in [0.1, 0.15) is 31.9 Å². The topological polar surface area (TPSA) is 49.8 Å². The van der Waals surface area contributed by atoms with Crippen molar-refractivity contribution in [3.8, 4) is 5.75 Å². The lowest BCUT2D eigenvalue weighted by Gasteiger charge is -2.17. The number of amides is 1. The second kappa shape index (κ2) is 7.01. The monoisotopic (exact) mass is 251 g/mol. The van der Waals surface area contributed by atoms with Crippen LogP contribution in [0.5, 0.6) is 5.75 Å². The molecule has 1 amide bonds. The fourth-order valence-electron chi connectivity index (χ4n) is 1.53. The van der Waals surface area contributed by atoms with Gasteiger partial charge >= 0.3 is 0 Å². The second-order valence-electron chi connectivity index (χ2n) is 4.16. The molecule has 0 aliphatic heterocycles. The first kappa shape index (κ1) is 14.5. The first-order valence-electron chi connectivity index (χ1n) is 6.23. The highest BCUT2D eigenvalue weighted by Gasteiger charge is 2.13. The highest BCUT2D eigenvalue weighted by molar-refractivity contribution is 5.77. The van der Waals surface area contributed by atoms with Crippen molar-refractivity contribution in [3.63, 3.8) is 0 Å². The summed E-state index contributed by atoms with van der Waals surface area (Å²) in [5.74, 6) is 0.503. The summed E-state index contributed by atoms with van der Waals surface area (Å²) < 4.78 is 5.49. The third-order valence-electron chi connectivity index (χ3n) is 2.92. The van der Waals surface area contributed by atoms with E-state index >= 15 is 0 Å². The number of hydrogen-bond acceptors (Lipinski definition) is 3. The summed E-state index contributed by atoms with van der Waals surface area (Å²) in [4.78, 5) is 13.2. The number of rotatable bonds is 6. The molecule has 0 radical (unpaired) electrons. The quantitative estimate of drug-likeness (QED) is 0.841. The highest BCUT2D eigenvalue weighted by Crippen LogP contribution is 2.26. The third-order valence-corrected chi connectivity index (χ3v) is 2.92. The Balaban J connectivity index is 2.70. The van der Waals surface area contributed by atoms with Gasteiger partial charge < -0.3 is 14.7 Å². The molecule has 18 heavy (non-hydrogen) atoms. The van der Waals surface area contributed by atoms with Crippen molar-refractivity contribution in [2.75, 3.05) is 20.2 Å². The van der Waals surface area contributed by atoms with Crippen LogP contribution >= 0.6 is 0 Å². The van der Waals surface area contributed by atoms with E-state index in [-0.39, 0.29) is 12.5 Å². The molecule has 1 rings (SSSR count). The Morgan fingerprint density at radius 1 is 1.39 bits per heavy atom. The van der Waals surface area contributed by atoms with E-state index < -0.39 is 6.10 Å². The number of ether oxygens (including phenoxy) is 1. The molecule has 0 heterocycles. The number of likely N-dealkylation sites (N-methyl/N-ethyl adjacent to an activating group) is 1. The first-order chi connectivity index (χ1) is 8.60. The zero-order valence-electron chi connectivity index (χ0n) is 11.2. The molecule has 0 aromatic heterocycles. The molecule has 0 aliphatic rings. The van der Waals surface area contributed by atoms with Gasteiger partial charge in [0.05, 0.1) is 6.10 Å². The summed E-state index contributed by atoms with van der Waals surface area (Å²) in [7, 11) is 1.73. The Morgan fingerprint density at radius 2 is 2.06 bits per heavy atom. The Bertz CT molecular complexity index is 392. The van der Waals surface area contributed by atoms with Crippen LogP contribution < -0.4 is 4.74 Å². The maximum Gasteiger partial charge on any atom is 0.260 e. The van der Waals surface area contributed by atoms with Gasteiger partial charge in [0.25, 0.3) is 5.91 Å². The van der Waals surface area contributed by atoms with Crippen LogP contribution in [-0.2, 0) is 4.79 Å². The van der Waals surface area contributed by atoms with E-state index in [2.05, 4.69) is 0 Å². The second-order valence-corrected chi connectivity index (χ2v) is 4.16. The minimum Gasteiger partial charge on any atom is -0.483 e. The molecule has 0 spiro atoms. The summed E-state index contributed by atoms with van der Waals surface area (Å²) in [5.41, 5.74) is 0.729. The van der Waals surface area contributed by atoms with E-state index in [1.807, 2.05) is 32.0 Å². The van der Waals surface area contributed by atoms with E-state index in [4.69, 9.17) is 4.74 Å². The minimum absolute atomic E-state index is 0.00219. The molecule has 1 atom stereocenters. The van der Waals surface area contributed by atoms with Crippen molar-refractivity contribution in [1.82, 2.24) is 4.90 Å². The van der Waals surface area contributed by atoms with E-state index in [0.717, 1.165) is 5.56 Å².